The van der Waals surface area contributed by atoms with E-state index in [4.69, 9.17) is 27.9 Å². The monoisotopic (exact) mass is 576 g/mol. The van der Waals surface area contributed by atoms with Gasteiger partial charge in [0.2, 0.25) is 5.91 Å². The molecule has 2 fully saturated rings. The van der Waals surface area contributed by atoms with Gasteiger partial charge in [-0.25, -0.2) is 0 Å². The highest BCUT2D eigenvalue weighted by molar-refractivity contribution is 6.42. The number of benzene rings is 3. The number of aliphatic hydroxyl groups is 1. The van der Waals surface area contributed by atoms with Gasteiger partial charge in [0.05, 0.1) is 33.5 Å². The summed E-state index contributed by atoms with van der Waals surface area (Å²) in [5.41, 5.74) is 3.20. The molecule has 4 aliphatic rings. The van der Waals surface area contributed by atoms with Crippen molar-refractivity contribution in [1.82, 2.24) is 9.80 Å². The van der Waals surface area contributed by atoms with E-state index >= 15 is 0 Å². The van der Waals surface area contributed by atoms with Crippen LogP contribution in [0.2, 0.25) is 10.0 Å². The van der Waals surface area contributed by atoms with E-state index in [1.54, 1.807) is 12.1 Å². The molecular weight excluding hydrogens is 543 g/mol. The summed E-state index contributed by atoms with van der Waals surface area (Å²) in [6.07, 6.45) is 3.88. The molecule has 1 saturated carbocycles. The average molecular weight is 578 g/mol. The minimum Gasteiger partial charge on any atom is -0.487 e. The predicted molar refractivity (Wildman–Crippen MR) is 157 cm³/mol. The minimum absolute atomic E-state index is 0.0117. The topological polar surface area (TPSA) is 53.0 Å². The van der Waals surface area contributed by atoms with Crippen molar-refractivity contribution in [2.75, 3.05) is 20.1 Å². The van der Waals surface area contributed by atoms with E-state index in [0.29, 0.717) is 22.9 Å². The van der Waals surface area contributed by atoms with Crippen molar-refractivity contribution in [1.29, 1.82) is 0 Å². The van der Waals surface area contributed by atoms with Crippen LogP contribution in [0.3, 0.4) is 0 Å². The normalized spacial score (nSPS) is 29.9. The largest absolute Gasteiger partial charge is 0.487 e. The highest BCUT2D eigenvalue weighted by atomic mass is 35.5. The molecule has 208 valence electrons. The molecule has 1 N–H and O–H groups in total. The Bertz CT molecular complexity index is 1470. The summed E-state index contributed by atoms with van der Waals surface area (Å²) >= 11 is 12.3. The molecule has 3 aromatic carbocycles. The molecule has 2 heterocycles. The highest BCUT2D eigenvalue weighted by Crippen LogP contribution is 2.64. The molecule has 0 aromatic heterocycles. The van der Waals surface area contributed by atoms with Crippen LogP contribution >= 0.6 is 23.2 Å². The van der Waals surface area contributed by atoms with Crippen LogP contribution in [0.4, 0.5) is 0 Å². The molecule has 7 heteroatoms. The van der Waals surface area contributed by atoms with Crippen molar-refractivity contribution in [2.45, 2.75) is 67.7 Å². The summed E-state index contributed by atoms with van der Waals surface area (Å²) in [5, 5.41) is 13.7. The number of halogens is 2. The number of hydrogen-bond donors (Lipinski definition) is 1. The van der Waals surface area contributed by atoms with E-state index < -0.39 is 11.0 Å². The lowest BCUT2D eigenvalue weighted by molar-refractivity contribution is -0.199. The summed E-state index contributed by atoms with van der Waals surface area (Å²) in [7, 11) is 1.88. The van der Waals surface area contributed by atoms with Gasteiger partial charge in [0.25, 0.3) is 0 Å². The number of carbonyl (C=O) groups excluding carboxylic acids is 1. The zero-order valence-corrected chi connectivity index (χ0v) is 24.2. The zero-order chi connectivity index (χ0) is 27.6. The van der Waals surface area contributed by atoms with Crippen LogP contribution in [0.15, 0.2) is 66.7 Å². The minimum atomic E-state index is -0.906. The standard InChI is InChI=1S/C33H34Cl2N2O3/c1-36(29(38)19-22-10-11-24(34)25(35)18-22)26-12-14-33(39)28-20-23-8-5-9-27-30(23)32(33,31(26)40-27)15-17-37(28)16-13-21-6-3-2-4-7-21/h2-11,18,26,28,31,39H,12-17,19-20H2,1H3/t26-,28+,31-,32-,33+/m0/s1. The van der Waals surface area contributed by atoms with E-state index in [-0.39, 0.29) is 30.5 Å². The maximum atomic E-state index is 13.6. The third-order valence-corrected chi connectivity index (χ3v) is 10.9. The number of piperidine rings is 1. The Morgan fingerprint density at radius 2 is 1.88 bits per heavy atom. The van der Waals surface area contributed by atoms with Gasteiger partial charge in [0, 0.05) is 25.2 Å². The van der Waals surface area contributed by atoms with Crippen molar-refractivity contribution in [3.63, 3.8) is 0 Å². The fraction of sp³-hybridized carbons (Fsp3) is 0.424. The lowest BCUT2D eigenvalue weighted by atomic mass is 9.48. The lowest BCUT2D eigenvalue weighted by Crippen LogP contribution is -2.78. The van der Waals surface area contributed by atoms with Gasteiger partial charge in [-0.15, -0.1) is 0 Å². The van der Waals surface area contributed by atoms with Crippen LogP contribution in [0.1, 0.15) is 41.5 Å². The first-order chi connectivity index (χ1) is 19.3. The molecule has 2 bridgehead atoms. The second-order valence-electron chi connectivity index (χ2n) is 12.0. The van der Waals surface area contributed by atoms with E-state index in [1.165, 1.54) is 16.7 Å². The van der Waals surface area contributed by atoms with Gasteiger partial charge in [-0.1, -0.05) is 71.7 Å². The zero-order valence-electron chi connectivity index (χ0n) is 22.7. The molecule has 2 aliphatic carbocycles. The van der Waals surface area contributed by atoms with Gasteiger partial charge >= 0.3 is 0 Å². The van der Waals surface area contributed by atoms with Crippen molar-refractivity contribution < 1.29 is 14.6 Å². The summed E-state index contributed by atoms with van der Waals surface area (Å²) in [6, 6.07) is 22.2. The summed E-state index contributed by atoms with van der Waals surface area (Å²) in [6.45, 7) is 1.82. The third kappa shape index (κ3) is 3.85. The van der Waals surface area contributed by atoms with Crippen molar-refractivity contribution in [2.24, 2.45) is 0 Å². The maximum absolute atomic E-state index is 13.6. The van der Waals surface area contributed by atoms with E-state index in [9.17, 15) is 9.90 Å². The smallest absolute Gasteiger partial charge is 0.227 e. The fourth-order valence-corrected chi connectivity index (χ4v) is 8.61. The Kier molecular flexibility index (Phi) is 6.43. The maximum Gasteiger partial charge on any atom is 0.227 e. The van der Waals surface area contributed by atoms with Crippen molar-refractivity contribution in [3.8, 4) is 5.75 Å². The van der Waals surface area contributed by atoms with Gasteiger partial charge in [0.15, 0.2) is 0 Å². The van der Waals surface area contributed by atoms with Crippen molar-refractivity contribution in [3.05, 3.63) is 99.0 Å². The van der Waals surface area contributed by atoms with Gasteiger partial charge in [-0.05, 0) is 73.5 Å². The molecule has 1 spiro atoms. The van der Waals surface area contributed by atoms with Crippen LogP contribution in [-0.2, 0) is 29.5 Å². The SMILES string of the molecule is CN(C(=O)Cc1ccc(Cl)c(Cl)c1)[C@H]1CC[C@@]2(O)[C@H]3Cc4cccc5c4[C@@]2(CCN3CCc2ccccc2)[C@H]1O5. The first-order valence-corrected chi connectivity index (χ1v) is 15.1. The molecule has 5 nitrogen and oxygen atoms in total. The molecular formula is C33H34Cl2N2O3. The van der Waals surface area contributed by atoms with Gasteiger partial charge in [0.1, 0.15) is 11.9 Å². The van der Waals surface area contributed by atoms with Crippen LogP contribution in [0.5, 0.6) is 5.75 Å². The summed E-state index contributed by atoms with van der Waals surface area (Å²) in [4.78, 5) is 18.0. The van der Waals surface area contributed by atoms with E-state index in [1.807, 2.05) is 24.1 Å². The van der Waals surface area contributed by atoms with E-state index in [0.717, 1.165) is 43.7 Å². The third-order valence-electron chi connectivity index (χ3n) is 10.2. The van der Waals surface area contributed by atoms with Crippen LogP contribution < -0.4 is 4.74 Å². The molecule has 0 radical (unpaired) electrons. The van der Waals surface area contributed by atoms with Gasteiger partial charge in [-0.2, -0.15) is 0 Å². The van der Waals surface area contributed by atoms with Gasteiger partial charge in [-0.3, -0.25) is 9.69 Å². The summed E-state index contributed by atoms with van der Waals surface area (Å²) in [5.74, 6) is 0.895. The Morgan fingerprint density at radius 3 is 2.67 bits per heavy atom. The Morgan fingerprint density at radius 1 is 1.05 bits per heavy atom. The first-order valence-electron chi connectivity index (χ1n) is 14.3. The second kappa shape index (κ2) is 9.77. The van der Waals surface area contributed by atoms with Crippen LogP contribution in [0, 0.1) is 0 Å². The lowest BCUT2D eigenvalue weighted by Gasteiger charge is -2.64. The number of likely N-dealkylation sites (N-methyl/N-ethyl adjacent to an activating group) is 1. The molecule has 40 heavy (non-hydrogen) atoms. The molecule has 0 unspecified atom stereocenters. The first kappa shape index (κ1) is 26.3. The highest BCUT2D eigenvalue weighted by Gasteiger charge is 2.72. The molecule has 1 amide bonds. The van der Waals surface area contributed by atoms with E-state index in [2.05, 4.69) is 47.4 Å². The molecule has 7 rings (SSSR count). The second-order valence-corrected chi connectivity index (χ2v) is 12.8. The summed E-state index contributed by atoms with van der Waals surface area (Å²) < 4.78 is 6.77. The number of nitrogens with zero attached hydrogens (tertiary/aromatic N) is 2. The number of ether oxygens (including phenoxy) is 1. The number of likely N-dealkylation sites (tertiary alicyclic amines) is 1. The molecule has 2 aliphatic heterocycles. The molecule has 3 aromatic rings. The molecule has 5 atom stereocenters. The van der Waals surface area contributed by atoms with Crippen LogP contribution in [0.25, 0.3) is 0 Å². The number of rotatable bonds is 6. The van der Waals surface area contributed by atoms with Crippen molar-refractivity contribution >= 4 is 29.1 Å². The predicted octanol–water partition coefficient (Wildman–Crippen LogP) is 5.46. The van der Waals surface area contributed by atoms with Crippen LogP contribution in [-0.4, -0.2) is 64.7 Å². The quantitative estimate of drug-likeness (QED) is 0.423. The number of amides is 1. The Labute approximate surface area is 245 Å². The average Bonchev–Trinajstić information content (AvgIpc) is 3.29. The fourth-order valence-electron chi connectivity index (χ4n) is 8.29. The molecule has 1 saturated heterocycles. The Hall–Kier alpha value is -2.57. The Balaban J connectivity index is 1.19. The number of hydrogen-bond acceptors (Lipinski definition) is 4. The number of carbonyl (C=O) groups is 1. The van der Waals surface area contributed by atoms with Gasteiger partial charge < -0.3 is 14.7 Å².